The van der Waals surface area contributed by atoms with Crippen molar-refractivity contribution < 1.29 is 14.3 Å². The van der Waals surface area contributed by atoms with Crippen molar-refractivity contribution in [1.29, 1.82) is 0 Å². The maximum atomic E-state index is 12.7. The van der Waals surface area contributed by atoms with E-state index in [0.29, 0.717) is 18.8 Å². The third-order valence-corrected chi connectivity index (χ3v) is 3.68. The monoisotopic (exact) mass is 332 g/mol. The average Bonchev–Trinajstić information content (AvgIpc) is 2.94. The molecule has 7 heteroatoms. The molecule has 130 valence electrons. The molecule has 1 atom stereocenters. The highest BCUT2D eigenvalue weighted by Crippen LogP contribution is 2.13. The first kappa shape index (κ1) is 17.8. The number of nitrogens with one attached hydrogen (secondary N) is 2. The van der Waals surface area contributed by atoms with Crippen molar-refractivity contribution in [2.45, 2.75) is 32.9 Å². The van der Waals surface area contributed by atoms with E-state index in [1.54, 1.807) is 11.9 Å². The van der Waals surface area contributed by atoms with Gasteiger partial charge in [0.2, 0.25) is 5.91 Å². The summed E-state index contributed by atoms with van der Waals surface area (Å²) in [7, 11) is 2.98. The Hall–Kier alpha value is -2.57. The number of ether oxygens (including phenoxy) is 1. The lowest BCUT2D eigenvalue weighted by Crippen LogP contribution is -2.47. The van der Waals surface area contributed by atoms with Crippen LogP contribution in [0.1, 0.15) is 26.1 Å². The number of fused-ring (bicyclic) bond motifs is 1. The molecule has 7 nitrogen and oxygen atoms in total. The zero-order valence-corrected chi connectivity index (χ0v) is 14.5. The van der Waals surface area contributed by atoms with Crippen LogP contribution in [0.4, 0.5) is 4.79 Å². The molecule has 0 saturated heterocycles. The number of benzene rings is 1. The summed E-state index contributed by atoms with van der Waals surface area (Å²) >= 11 is 0. The van der Waals surface area contributed by atoms with Gasteiger partial charge in [0.05, 0.1) is 24.7 Å². The van der Waals surface area contributed by atoms with Gasteiger partial charge in [-0.05, 0) is 24.5 Å². The smallest absolute Gasteiger partial charge is 0.407 e. The van der Waals surface area contributed by atoms with E-state index in [9.17, 15) is 9.59 Å². The largest absolute Gasteiger partial charge is 0.453 e. The van der Waals surface area contributed by atoms with Crippen molar-refractivity contribution >= 4 is 23.0 Å². The number of H-pyrrole nitrogens is 1. The molecule has 1 heterocycles. The molecule has 1 aromatic heterocycles. The molecule has 0 saturated carbocycles. The molecule has 0 bridgehead atoms. The molecular weight excluding hydrogens is 308 g/mol. The summed E-state index contributed by atoms with van der Waals surface area (Å²) in [5, 5.41) is 2.61. The van der Waals surface area contributed by atoms with Gasteiger partial charge in [-0.3, -0.25) is 4.79 Å². The van der Waals surface area contributed by atoms with Crippen LogP contribution in [0.25, 0.3) is 11.0 Å². The van der Waals surface area contributed by atoms with Crippen molar-refractivity contribution in [1.82, 2.24) is 20.2 Å². The first-order chi connectivity index (χ1) is 11.4. The molecule has 2 N–H and O–H groups in total. The first-order valence-corrected chi connectivity index (χ1v) is 7.93. The van der Waals surface area contributed by atoms with Crippen LogP contribution in [0.3, 0.4) is 0 Å². The molecule has 0 aliphatic carbocycles. The lowest BCUT2D eigenvalue weighted by Gasteiger charge is -2.24. The Morgan fingerprint density at radius 2 is 2.04 bits per heavy atom. The summed E-state index contributed by atoms with van der Waals surface area (Å²) < 4.78 is 4.61. The number of carbonyl (C=O) groups excluding carboxylic acids is 2. The number of likely N-dealkylation sites (N-methyl/N-ethyl adjacent to an activating group) is 1. The SMILES string of the molecule is COC(=O)N[C@@H](CC(C)C)C(=O)N(C)Cc1nc2ccccc2[nH]1. The summed E-state index contributed by atoms with van der Waals surface area (Å²) in [6, 6.07) is 7.08. The second-order valence-corrected chi connectivity index (χ2v) is 6.21. The predicted molar refractivity (Wildman–Crippen MR) is 91.4 cm³/mol. The van der Waals surface area contributed by atoms with Gasteiger partial charge in [-0.1, -0.05) is 26.0 Å². The first-order valence-electron chi connectivity index (χ1n) is 7.93. The number of nitrogens with zero attached hydrogens (tertiary/aromatic N) is 2. The highest BCUT2D eigenvalue weighted by molar-refractivity contribution is 5.85. The van der Waals surface area contributed by atoms with Gasteiger partial charge in [0, 0.05) is 7.05 Å². The minimum Gasteiger partial charge on any atom is -0.453 e. The Bertz CT molecular complexity index is 678. The van der Waals surface area contributed by atoms with Crippen molar-refractivity contribution in [2.75, 3.05) is 14.2 Å². The average molecular weight is 332 g/mol. The van der Waals surface area contributed by atoms with Gasteiger partial charge in [-0.25, -0.2) is 9.78 Å². The van der Waals surface area contributed by atoms with E-state index in [2.05, 4.69) is 20.0 Å². The fourth-order valence-electron chi connectivity index (χ4n) is 2.54. The minimum absolute atomic E-state index is 0.172. The van der Waals surface area contributed by atoms with Crippen molar-refractivity contribution in [2.24, 2.45) is 5.92 Å². The zero-order valence-electron chi connectivity index (χ0n) is 14.5. The van der Waals surface area contributed by atoms with Gasteiger partial charge >= 0.3 is 6.09 Å². The van der Waals surface area contributed by atoms with Gasteiger partial charge in [0.15, 0.2) is 0 Å². The zero-order chi connectivity index (χ0) is 17.7. The number of hydrogen-bond acceptors (Lipinski definition) is 4. The number of amides is 2. The number of rotatable bonds is 6. The molecule has 0 radical (unpaired) electrons. The Morgan fingerprint density at radius 3 is 2.67 bits per heavy atom. The molecule has 2 rings (SSSR count). The van der Waals surface area contributed by atoms with Crippen LogP contribution in [-0.4, -0.2) is 47.1 Å². The third-order valence-electron chi connectivity index (χ3n) is 3.68. The highest BCUT2D eigenvalue weighted by atomic mass is 16.5. The van der Waals surface area contributed by atoms with Gasteiger partial charge < -0.3 is 19.9 Å². The summed E-state index contributed by atoms with van der Waals surface area (Å²) in [5.41, 5.74) is 1.79. The Balaban J connectivity index is 2.08. The molecule has 0 fully saturated rings. The number of aromatic nitrogens is 2. The van der Waals surface area contributed by atoms with Crippen LogP contribution < -0.4 is 5.32 Å². The molecule has 0 aliphatic rings. The molecular formula is C17H24N4O3. The van der Waals surface area contributed by atoms with Gasteiger partial charge in [-0.15, -0.1) is 0 Å². The second-order valence-electron chi connectivity index (χ2n) is 6.21. The Labute approximate surface area is 141 Å². The lowest BCUT2D eigenvalue weighted by molar-refractivity contribution is -0.133. The number of imidazole rings is 1. The van der Waals surface area contributed by atoms with Crippen molar-refractivity contribution in [3.63, 3.8) is 0 Å². The quantitative estimate of drug-likeness (QED) is 0.849. The molecule has 24 heavy (non-hydrogen) atoms. The maximum absolute atomic E-state index is 12.7. The van der Waals surface area contributed by atoms with Crippen LogP contribution in [0.2, 0.25) is 0 Å². The van der Waals surface area contributed by atoms with Gasteiger partial charge in [0.1, 0.15) is 11.9 Å². The van der Waals surface area contributed by atoms with E-state index in [1.807, 2.05) is 38.1 Å². The highest BCUT2D eigenvalue weighted by Gasteiger charge is 2.25. The summed E-state index contributed by atoms with van der Waals surface area (Å²) in [6.45, 7) is 4.34. The van der Waals surface area contributed by atoms with Crippen LogP contribution in [0.5, 0.6) is 0 Å². The van der Waals surface area contributed by atoms with Crippen LogP contribution in [0.15, 0.2) is 24.3 Å². The van der Waals surface area contributed by atoms with Crippen LogP contribution in [0, 0.1) is 5.92 Å². The summed E-state index contributed by atoms with van der Waals surface area (Å²) in [6.07, 6.45) is -0.0653. The second kappa shape index (κ2) is 7.81. The molecule has 2 aromatic rings. The topological polar surface area (TPSA) is 87.3 Å². The standard InChI is InChI=1S/C17H24N4O3/c1-11(2)9-14(20-17(23)24-4)16(22)21(3)10-15-18-12-7-5-6-8-13(12)19-15/h5-8,11,14H,9-10H2,1-4H3,(H,18,19)(H,20,23)/t14-/m0/s1. The number of methoxy groups -OCH3 is 1. The predicted octanol–water partition coefficient (Wildman–Crippen LogP) is 2.29. The number of hydrogen-bond donors (Lipinski definition) is 2. The normalized spacial score (nSPS) is 12.2. The fourth-order valence-corrected chi connectivity index (χ4v) is 2.54. The molecule has 0 spiro atoms. The molecule has 2 amide bonds. The van der Waals surface area contributed by atoms with E-state index in [0.717, 1.165) is 11.0 Å². The van der Waals surface area contributed by atoms with Crippen molar-refractivity contribution in [3.8, 4) is 0 Å². The number of para-hydroxylation sites is 2. The Kier molecular flexibility index (Phi) is 5.78. The van der Waals surface area contributed by atoms with E-state index in [1.165, 1.54) is 7.11 Å². The fraction of sp³-hybridized carbons (Fsp3) is 0.471. The van der Waals surface area contributed by atoms with E-state index in [4.69, 9.17) is 0 Å². The van der Waals surface area contributed by atoms with Crippen molar-refractivity contribution in [3.05, 3.63) is 30.1 Å². The lowest BCUT2D eigenvalue weighted by atomic mass is 10.0. The minimum atomic E-state index is -0.619. The number of aromatic amines is 1. The Morgan fingerprint density at radius 1 is 1.33 bits per heavy atom. The van der Waals surface area contributed by atoms with E-state index < -0.39 is 12.1 Å². The van der Waals surface area contributed by atoms with Gasteiger partial charge in [0.25, 0.3) is 0 Å². The summed E-state index contributed by atoms with van der Waals surface area (Å²) in [5.74, 6) is 0.790. The van der Waals surface area contributed by atoms with Gasteiger partial charge in [-0.2, -0.15) is 0 Å². The molecule has 0 unspecified atom stereocenters. The van der Waals surface area contributed by atoms with E-state index in [-0.39, 0.29) is 11.8 Å². The van der Waals surface area contributed by atoms with Crippen LogP contribution >= 0.6 is 0 Å². The summed E-state index contributed by atoms with van der Waals surface area (Å²) in [4.78, 5) is 33.4. The molecule has 0 aliphatic heterocycles. The van der Waals surface area contributed by atoms with Crippen LogP contribution in [-0.2, 0) is 16.1 Å². The number of carbonyl (C=O) groups is 2. The number of alkyl carbamates (subject to hydrolysis) is 1. The van der Waals surface area contributed by atoms with E-state index >= 15 is 0 Å². The molecule has 1 aromatic carbocycles. The third kappa shape index (κ3) is 4.47. The maximum Gasteiger partial charge on any atom is 0.407 e.